The largest absolute Gasteiger partial charge is 0.294 e. The van der Waals surface area contributed by atoms with Crippen molar-refractivity contribution in [2.45, 2.75) is 26.4 Å². The molecule has 0 saturated carbocycles. The zero-order valence-corrected chi connectivity index (χ0v) is 17.4. The van der Waals surface area contributed by atoms with Crippen LogP contribution in [0.3, 0.4) is 0 Å². The molecule has 0 radical (unpaired) electrons. The molecule has 1 aliphatic rings. The lowest BCUT2D eigenvalue weighted by atomic mass is 10.0. The number of aromatic nitrogens is 5. The molecular formula is C23H20N6S. The second-order valence-electron chi connectivity index (χ2n) is 7.70. The van der Waals surface area contributed by atoms with E-state index in [0.717, 1.165) is 53.7 Å². The van der Waals surface area contributed by atoms with Crippen LogP contribution >= 0.6 is 11.3 Å². The van der Waals surface area contributed by atoms with E-state index >= 15 is 0 Å². The molecule has 1 aromatic carbocycles. The van der Waals surface area contributed by atoms with Crippen molar-refractivity contribution >= 4 is 27.2 Å². The molecule has 0 aliphatic carbocycles. The van der Waals surface area contributed by atoms with Crippen LogP contribution in [0.25, 0.3) is 27.3 Å². The molecule has 4 aromatic heterocycles. The Morgan fingerprint density at radius 2 is 1.87 bits per heavy atom. The molecule has 6 rings (SSSR count). The Hall–Kier alpha value is -3.16. The quantitative estimate of drug-likeness (QED) is 0.443. The Labute approximate surface area is 177 Å². The molecule has 0 spiro atoms. The van der Waals surface area contributed by atoms with Gasteiger partial charge in [0, 0.05) is 42.5 Å². The maximum atomic E-state index is 4.92. The van der Waals surface area contributed by atoms with Gasteiger partial charge in [-0.25, -0.2) is 9.97 Å². The van der Waals surface area contributed by atoms with Gasteiger partial charge in [-0.1, -0.05) is 30.3 Å². The van der Waals surface area contributed by atoms with Crippen molar-refractivity contribution < 1.29 is 0 Å². The van der Waals surface area contributed by atoms with Crippen LogP contribution in [0.4, 0.5) is 0 Å². The van der Waals surface area contributed by atoms with Gasteiger partial charge < -0.3 is 0 Å². The van der Waals surface area contributed by atoms with Crippen LogP contribution in [0.2, 0.25) is 0 Å². The molecular weight excluding hydrogens is 392 g/mol. The number of rotatable bonds is 3. The average Bonchev–Trinajstić information content (AvgIpc) is 3.36. The Kier molecular flexibility index (Phi) is 4.11. The summed E-state index contributed by atoms with van der Waals surface area (Å²) < 4.78 is 1.89. The minimum Gasteiger partial charge on any atom is -0.294 e. The number of hydrogen-bond acceptors (Lipinski definition) is 6. The summed E-state index contributed by atoms with van der Waals surface area (Å²) in [4.78, 5) is 18.9. The van der Waals surface area contributed by atoms with Gasteiger partial charge in [-0.15, -0.1) is 16.4 Å². The number of fused-ring (bicyclic) bond motifs is 5. The number of hydrogen-bond donors (Lipinski definition) is 0. The zero-order chi connectivity index (χ0) is 20.1. The first-order valence-corrected chi connectivity index (χ1v) is 10.9. The van der Waals surface area contributed by atoms with Crippen LogP contribution in [-0.4, -0.2) is 36.0 Å². The molecule has 0 fully saturated rings. The van der Waals surface area contributed by atoms with Gasteiger partial charge in [0.25, 0.3) is 0 Å². The fourth-order valence-electron chi connectivity index (χ4n) is 4.25. The SMILES string of the molecule is Cc1nc2sc3c(c2c2nc(-c4ccncc4)nn12)CCN(Cc1ccccc1)C3. The lowest BCUT2D eigenvalue weighted by molar-refractivity contribution is 0.249. The van der Waals surface area contributed by atoms with Gasteiger partial charge in [0.1, 0.15) is 10.7 Å². The molecule has 148 valence electrons. The molecule has 1 aliphatic heterocycles. The van der Waals surface area contributed by atoms with Gasteiger partial charge in [0.05, 0.1) is 5.39 Å². The van der Waals surface area contributed by atoms with E-state index in [-0.39, 0.29) is 0 Å². The molecule has 6 nitrogen and oxygen atoms in total. The van der Waals surface area contributed by atoms with Crippen molar-refractivity contribution in [3.8, 4) is 11.4 Å². The highest BCUT2D eigenvalue weighted by Gasteiger charge is 2.25. The molecule has 30 heavy (non-hydrogen) atoms. The molecule has 7 heteroatoms. The van der Waals surface area contributed by atoms with Crippen molar-refractivity contribution in [2.24, 2.45) is 0 Å². The molecule has 0 atom stereocenters. The van der Waals surface area contributed by atoms with E-state index in [1.54, 1.807) is 23.7 Å². The van der Waals surface area contributed by atoms with Crippen molar-refractivity contribution in [3.05, 3.63) is 76.7 Å². The van der Waals surface area contributed by atoms with Gasteiger partial charge in [-0.05, 0) is 36.6 Å². The van der Waals surface area contributed by atoms with E-state index in [0.29, 0.717) is 0 Å². The van der Waals surface area contributed by atoms with Crippen molar-refractivity contribution in [3.63, 3.8) is 0 Å². The first kappa shape index (κ1) is 17.7. The second kappa shape index (κ2) is 6.97. The van der Waals surface area contributed by atoms with Crippen LogP contribution in [0, 0.1) is 6.92 Å². The van der Waals surface area contributed by atoms with Gasteiger partial charge in [-0.3, -0.25) is 9.88 Å². The monoisotopic (exact) mass is 412 g/mol. The smallest absolute Gasteiger partial charge is 0.182 e. The summed E-state index contributed by atoms with van der Waals surface area (Å²) in [6.45, 7) is 4.98. The molecule has 0 saturated heterocycles. The third-order valence-electron chi connectivity index (χ3n) is 5.71. The predicted molar refractivity (Wildman–Crippen MR) is 118 cm³/mol. The number of benzene rings is 1. The normalized spacial score (nSPS) is 14.4. The summed E-state index contributed by atoms with van der Waals surface area (Å²) in [6.07, 6.45) is 4.56. The molecule has 0 bridgehead atoms. The first-order valence-electron chi connectivity index (χ1n) is 10.1. The maximum Gasteiger partial charge on any atom is 0.182 e. The molecule has 0 amide bonds. The van der Waals surface area contributed by atoms with Crippen LogP contribution in [0.1, 0.15) is 21.8 Å². The molecule has 0 unspecified atom stereocenters. The summed E-state index contributed by atoms with van der Waals surface area (Å²) in [5.74, 6) is 1.58. The van der Waals surface area contributed by atoms with E-state index in [9.17, 15) is 0 Å². The minimum atomic E-state index is 0.719. The fourth-order valence-corrected chi connectivity index (χ4v) is 5.55. The summed E-state index contributed by atoms with van der Waals surface area (Å²) in [6, 6.07) is 14.6. The van der Waals surface area contributed by atoms with E-state index in [1.807, 2.05) is 23.6 Å². The fraction of sp³-hybridized carbons (Fsp3) is 0.217. The Balaban J connectivity index is 1.43. The van der Waals surface area contributed by atoms with E-state index in [2.05, 4.69) is 40.2 Å². The van der Waals surface area contributed by atoms with Crippen molar-refractivity contribution in [1.29, 1.82) is 0 Å². The van der Waals surface area contributed by atoms with Crippen LogP contribution in [0.15, 0.2) is 54.9 Å². The summed E-state index contributed by atoms with van der Waals surface area (Å²) >= 11 is 1.80. The molecule has 5 heterocycles. The Bertz CT molecular complexity index is 1360. The summed E-state index contributed by atoms with van der Waals surface area (Å²) in [7, 11) is 0. The van der Waals surface area contributed by atoms with Gasteiger partial charge >= 0.3 is 0 Å². The van der Waals surface area contributed by atoms with Crippen molar-refractivity contribution in [1.82, 2.24) is 29.5 Å². The number of nitrogens with zero attached hydrogens (tertiary/aromatic N) is 6. The van der Waals surface area contributed by atoms with Crippen LogP contribution in [-0.2, 0) is 19.5 Å². The summed E-state index contributed by atoms with van der Waals surface area (Å²) in [5, 5.41) is 5.92. The predicted octanol–water partition coefficient (Wildman–Crippen LogP) is 4.27. The van der Waals surface area contributed by atoms with Gasteiger partial charge in [0.15, 0.2) is 11.5 Å². The number of aryl methyl sites for hydroxylation is 1. The third-order valence-corrected chi connectivity index (χ3v) is 6.82. The van der Waals surface area contributed by atoms with Crippen molar-refractivity contribution in [2.75, 3.05) is 6.54 Å². The first-order chi connectivity index (χ1) is 14.8. The molecule has 0 N–H and O–H groups in total. The number of pyridine rings is 1. The Morgan fingerprint density at radius 3 is 2.70 bits per heavy atom. The van der Waals surface area contributed by atoms with Gasteiger partial charge in [0.2, 0.25) is 0 Å². The van der Waals surface area contributed by atoms with E-state index < -0.39 is 0 Å². The highest BCUT2D eigenvalue weighted by Crippen LogP contribution is 2.37. The maximum absolute atomic E-state index is 4.92. The third kappa shape index (κ3) is 2.89. The summed E-state index contributed by atoms with van der Waals surface area (Å²) in [5.41, 5.74) is 4.64. The highest BCUT2D eigenvalue weighted by molar-refractivity contribution is 7.19. The Morgan fingerprint density at radius 1 is 1.03 bits per heavy atom. The van der Waals surface area contributed by atoms with Crippen LogP contribution in [0.5, 0.6) is 0 Å². The lowest BCUT2D eigenvalue weighted by Crippen LogP contribution is -2.29. The topological polar surface area (TPSA) is 59.2 Å². The van der Waals surface area contributed by atoms with E-state index in [1.165, 1.54) is 21.4 Å². The lowest BCUT2D eigenvalue weighted by Gasteiger charge is -2.26. The second-order valence-corrected chi connectivity index (χ2v) is 8.78. The zero-order valence-electron chi connectivity index (χ0n) is 16.6. The average molecular weight is 413 g/mol. The minimum absolute atomic E-state index is 0.719. The standard InChI is InChI=1S/C23H20N6S/c1-15-25-23-20(22-26-21(27-29(15)22)17-7-10-24-11-8-17)18-9-12-28(14-19(18)30-23)13-16-5-3-2-4-6-16/h2-8,10-11H,9,12-14H2,1H3. The molecule has 5 aromatic rings. The van der Waals surface area contributed by atoms with E-state index in [4.69, 9.17) is 15.1 Å². The number of thiophene rings is 1. The van der Waals surface area contributed by atoms with Crippen LogP contribution < -0.4 is 0 Å². The highest BCUT2D eigenvalue weighted by atomic mass is 32.1. The van der Waals surface area contributed by atoms with Gasteiger partial charge in [-0.2, -0.15) is 4.52 Å².